The highest BCUT2D eigenvalue weighted by molar-refractivity contribution is 5.92. The lowest BCUT2D eigenvalue weighted by molar-refractivity contribution is -0.137. The van der Waals surface area contributed by atoms with Gasteiger partial charge in [0.15, 0.2) is 5.69 Å². The number of oxazole rings is 1. The van der Waals surface area contributed by atoms with Crippen LogP contribution in [-0.2, 0) is 6.18 Å². The molecule has 1 N–H and O–H groups in total. The number of nitrogens with zero attached hydrogens (tertiary/aromatic N) is 2. The second kappa shape index (κ2) is 6.64. The lowest BCUT2D eigenvalue weighted by Gasteiger charge is -2.18. The molecule has 0 spiro atoms. The van der Waals surface area contributed by atoms with Gasteiger partial charge < -0.3 is 14.6 Å². The number of hydrogen-bond donors (Lipinski definition) is 1. The van der Waals surface area contributed by atoms with E-state index in [0.717, 1.165) is 31.6 Å². The number of carbonyl (C=O) groups excluding carboxylic acids is 1. The van der Waals surface area contributed by atoms with Crippen LogP contribution in [0.5, 0.6) is 0 Å². The molecule has 24 heavy (non-hydrogen) atoms. The Hall–Kier alpha value is -2.35. The monoisotopic (exact) mass is 339 g/mol. The highest BCUT2D eigenvalue weighted by Gasteiger charge is 2.30. The normalized spacial score (nSPS) is 16.0. The summed E-state index contributed by atoms with van der Waals surface area (Å²) in [5.74, 6) is -0.111. The molecule has 0 saturated carbocycles. The van der Waals surface area contributed by atoms with Crippen molar-refractivity contribution in [1.82, 2.24) is 15.2 Å². The quantitative estimate of drug-likeness (QED) is 0.914. The van der Waals surface area contributed by atoms with Crippen LogP contribution in [0, 0.1) is 0 Å². The van der Waals surface area contributed by atoms with E-state index < -0.39 is 11.7 Å². The summed E-state index contributed by atoms with van der Waals surface area (Å²) in [5.41, 5.74) is -0.197. The molecule has 1 aliphatic rings. The number of aromatic nitrogens is 1. The number of benzene rings is 1. The summed E-state index contributed by atoms with van der Waals surface area (Å²) in [7, 11) is 0. The molecule has 2 aromatic rings. The van der Waals surface area contributed by atoms with Gasteiger partial charge in [0.25, 0.3) is 5.91 Å². The fourth-order valence-electron chi connectivity index (χ4n) is 2.52. The smallest absolute Gasteiger partial charge is 0.416 e. The summed E-state index contributed by atoms with van der Waals surface area (Å²) in [6.45, 7) is 2.80. The maximum atomic E-state index is 12.6. The Morgan fingerprint density at radius 3 is 2.62 bits per heavy atom. The number of alkyl halides is 3. The van der Waals surface area contributed by atoms with Crippen molar-refractivity contribution in [2.24, 2.45) is 0 Å². The SMILES string of the molecule is O=C(c1coc(-c2ccc(C(F)(F)F)cc2)n1)N1CCCNCC1. The van der Waals surface area contributed by atoms with Gasteiger partial charge in [0.05, 0.1) is 5.56 Å². The average molecular weight is 339 g/mol. The van der Waals surface area contributed by atoms with Crippen LogP contribution < -0.4 is 5.32 Å². The standard InChI is InChI=1S/C16H16F3N3O2/c17-16(18,19)12-4-2-11(3-5-12)14-21-13(10-24-14)15(23)22-8-1-6-20-7-9-22/h2-5,10,20H,1,6-9H2. The predicted octanol–water partition coefficient (Wildman–Crippen LogP) is 2.80. The molecular formula is C16H16F3N3O2. The van der Waals surface area contributed by atoms with Crippen molar-refractivity contribution in [1.29, 1.82) is 0 Å². The van der Waals surface area contributed by atoms with Crippen molar-refractivity contribution in [3.63, 3.8) is 0 Å². The van der Waals surface area contributed by atoms with E-state index in [9.17, 15) is 18.0 Å². The van der Waals surface area contributed by atoms with Crippen molar-refractivity contribution >= 4 is 5.91 Å². The molecule has 128 valence electrons. The number of halogens is 3. The summed E-state index contributed by atoms with van der Waals surface area (Å²) in [4.78, 5) is 18.2. The molecule has 2 heterocycles. The Morgan fingerprint density at radius 2 is 1.92 bits per heavy atom. The van der Waals surface area contributed by atoms with Gasteiger partial charge in [-0.05, 0) is 37.2 Å². The molecule has 1 aromatic carbocycles. The summed E-state index contributed by atoms with van der Waals surface area (Å²) >= 11 is 0. The van der Waals surface area contributed by atoms with Gasteiger partial charge in [0.1, 0.15) is 6.26 Å². The largest absolute Gasteiger partial charge is 0.444 e. The minimum atomic E-state index is -4.39. The molecule has 5 nitrogen and oxygen atoms in total. The zero-order valence-electron chi connectivity index (χ0n) is 12.8. The Bertz CT molecular complexity index is 702. The van der Waals surface area contributed by atoms with E-state index in [0.29, 0.717) is 18.7 Å². The van der Waals surface area contributed by atoms with Gasteiger partial charge in [0.2, 0.25) is 5.89 Å². The van der Waals surface area contributed by atoms with Crippen LogP contribution in [0.4, 0.5) is 13.2 Å². The van der Waals surface area contributed by atoms with Crippen LogP contribution in [0.1, 0.15) is 22.5 Å². The molecule has 1 saturated heterocycles. The highest BCUT2D eigenvalue weighted by Crippen LogP contribution is 2.30. The van der Waals surface area contributed by atoms with Crippen LogP contribution in [0.2, 0.25) is 0 Å². The number of carbonyl (C=O) groups is 1. The molecule has 0 radical (unpaired) electrons. The Kier molecular flexibility index (Phi) is 4.57. The van der Waals surface area contributed by atoms with Crippen LogP contribution >= 0.6 is 0 Å². The molecule has 0 aliphatic carbocycles. The molecular weight excluding hydrogens is 323 g/mol. The Balaban J connectivity index is 1.76. The molecule has 1 amide bonds. The minimum absolute atomic E-state index is 0.125. The zero-order chi connectivity index (χ0) is 17.2. The first kappa shape index (κ1) is 16.5. The predicted molar refractivity (Wildman–Crippen MR) is 80.3 cm³/mol. The molecule has 0 unspecified atom stereocenters. The minimum Gasteiger partial charge on any atom is -0.444 e. The van der Waals surface area contributed by atoms with Gasteiger partial charge in [-0.25, -0.2) is 4.98 Å². The first-order chi connectivity index (χ1) is 11.4. The van der Waals surface area contributed by atoms with E-state index in [2.05, 4.69) is 10.3 Å². The maximum Gasteiger partial charge on any atom is 0.416 e. The van der Waals surface area contributed by atoms with Crippen molar-refractivity contribution in [2.45, 2.75) is 12.6 Å². The molecule has 3 rings (SSSR count). The summed E-state index contributed by atoms with van der Waals surface area (Å²) in [6.07, 6.45) is -2.29. The highest BCUT2D eigenvalue weighted by atomic mass is 19.4. The molecule has 1 aliphatic heterocycles. The first-order valence-corrected chi connectivity index (χ1v) is 7.58. The zero-order valence-corrected chi connectivity index (χ0v) is 12.8. The van der Waals surface area contributed by atoms with Gasteiger partial charge in [0, 0.05) is 25.2 Å². The van der Waals surface area contributed by atoms with E-state index in [1.165, 1.54) is 18.4 Å². The number of hydrogen-bond acceptors (Lipinski definition) is 4. The summed E-state index contributed by atoms with van der Waals surface area (Å²) in [6, 6.07) is 4.47. The average Bonchev–Trinajstić information content (AvgIpc) is 2.89. The van der Waals surface area contributed by atoms with E-state index in [1.807, 2.05) is 0 Å². The van der Waals surface area contributed by atoms with E-state index in [4.69, 9.17) is 4.42 Å². The number of nitrogens with one attached hydrogen (secondary N) is 1. The summed E-state index contributed by atoms with van der Waals surface area (Å²) < 4.78 is 43.0. The lowest BCUT2D eigenvalue weighted by Crippen LogP contribution is -2.34. The van der Waals surface area contributed by atoms with Crippen molar-refractivity contribution in [3.8, 4) is 11.5 Å². The van der Waals surface area contributed by atoms with Gasteiger partial charge in [-0.3, -0.25) is 4.79 Å². The fourth-order valence-corrected chi connectivity index (χ4v) is 2.52. The van der Waals surface area contributed by atoms with Gasteiger partial charge >= 0.3 is 6.18 Å². The maximum absolute atomic E-state index is 12.6. The van der Waals surface area contributed by atoms with E-state index >= 15 is 0 Å². The topological polar surface area (TPSA) is 58.4 Å². The summed E-state index contributed by atoms with van der Waals surface area (Å²) in [5, 5.41) is 3.20. The third-order valence-electron chi connectivity index (χ3n) is 3.81. The molecule has 0 bridgehead atoms. The van der Waals surface area contributed by atoms with Crippen molar-refractivity contribution in [2.75, 3.05) is 26.2 Å². The van der Waals surface area contributed by atoms with Crippen LogP contribution in [0.25, 0.3) is 11.5 Å². The van der Waals surface area contributed by atoms with Crippen LogP contribution in [0.3, 0.4) is 0 Å². The fraction of sp³-hybridized carbons (Fsp3) is 0.375. The lowest BCUT2D eigenvalue weighted by atomic mass is 10.1. The second-order valence-electron chi connectivity index (χ2n) is 5.51. The second-order valence-corrected chi connectivity index (χ2v) is 5.51. The number of amides is 1. The third kappa shape index (κ3) is 3.59. The number of rotatable bonds is 2. The van der Waals surface area contributed by atoms with E-state index in [-0.39, 0.29) is 17.5 Å². The Labute approximate surface area is 136 Å². The molecule has 0 atom stereocenters. The van der Waals surface area contributed by atoms with Gasteiger partial charge in [-0.1, -0.05) is 0 Å². The van der Waals surface area contributed by atoms with E-state index in [1.54, 1.807) is 4.90 Å². The molecule has 1 aromatic heterocycles. The first-order valence-electron chi connectivity index (χ1n) is 7.58. The van der Waals surface area contributed by atoms with Crippen molar-refractivity contribution < 1.29 is 22.4 Å². The Morgan fingerprint density at radius 1 is 1.17 bits per heavy atom. The van der Waals surface area contributed by atoms with Gasteiger partial charge in [-0.15, -0.1) is 0 Å². The van der Waals surface area contributed by atoms with Crippen LogP contribution in [-0.4, -0.2) is 42.0 Å². The third-order valence-corrected chi connectivity index (χ3v) is 3.81. The molecule has 8 heteroatoms. The molecule has 1 fully saturated rings. The van der Waals surface area contributed by atoms with Gasteiger partial charge in [-0.2, -0.15) is 13.2 Å². The van der Waals surface area contributed by atoms with Crippen molar-refractivity contribution in [3.05, 3.63) is 41.8 Å². The van der Waals surface area contributed by atoms with Crippen LogP contribution in [0.15, 0.2) is 34.9 Å².